The van der Waals surface area contributed by atoms with Crippen molar-refractivity contribution in [1.29, 1.82) is 0 Å². The lowest BCUT2D eigenvalue weighted by Crippen LogP contribution is -2.27. The average molecular weight is 244 g/mol. The molecular weight excluding hydrogens is 233 g/mol. The highest BCUT2D eigenvalue weighted by Gasteiger charge is 2.30. The highest BCUT2D eigenvalue weighted by atomic mass is 19.4. The smallest absolute Gasteiger partial charge is 0.336 e. The fourth-order valence-electron chi connectivity index (χ4n) is 1.73. The fourth-order valence-corrected chi connectivity index (χ4v) is 1.73. The van der Waals surface area contributed by atoms with E-state index in [9.17, 15) is 18.0 Å². The number of carbonyl (C=O) groups excluding carboxylic acids is 1. The van der Waals surface area contributed by atoms with E-state index in [1.807, 2.05) is 0 Å². The van der Waals surface area contributed by atoms with Crippen LogP contribution in [0.15, 0.2) is 24.3 Å². The Morgan fingerprint density at radius 3 is 2.71 bits per heavy atom. The van der Waals surface area contributed by atoms with Crippen molar-refractivity contribution in [3.05, 3.63) is 35.4 Å². The molecule has 0 unspecified atom stereocenters. The number of amides is 2. The topological polar surface area (TPSA) is 32.3 Å². The summed E-state index contributed by atoms with van der Waals surface area (Å²) >= 11 is 0. The van der Waals surface area contributed by atoms with E-state index in [4.69, 9.17) is 0 Å². The molecular formula is C11H11F3N2O. The number of hydrogen-bond acceptors (Lipinski definition) is 1. The van der Waals surface area contributed by atoms with Crippen LogP contribution >= 0.6 is 0 Å². The minimum atomic E-state index is -4.34. The normalized spacial score (nSPS) is 16.2. The quantitative estimate of drug-likeness (QED) is 0.850. The molecule has 6 heteroatoms. The van der Waals surface area contributed by atoms with Crippen molar-refractivity contribution >= 4 is 6.03 Å². The zero-order valence-electron chi connectivity index (χ0n) is 8.92. The molecule has 3 nitrogen and oxygen atoms in total. The maximum absolute atomic E-state index is 12.5. The van der Waals surface area contributed by atoms with Gasteiger partial charge in [0.15, 0.2) is 0 Å². The number of nitrogens with zero attached hydrogens (tertiary/aromatic N) is 1. The maximum Gasteiger partial charge on any atom is 0.416 e. The van der Waals surface area contributed by atoms with Crippen LogP contribution in [0.5, 0.6) is 0 Å². The number of alkyl halides is 3. The standard InChI is InChI=1S/C11H11F3N2O/c12-11(13,14)9-3-1-2-8(6-9)7-16-5-4-15-10(16)17/h1-3,6H,4-5,7H2,(H,15,17). The van der Waals surface area contributed by atoms with Crippen LogP contribution in [0.1, 0.15) is 11.1 Å². The van der Waals surface area contributed by atoms with Gasteiger partial charge < -0.3 is 10.2 Å². The maximum atomic E-state index is 12.5. The van der Waals surface area contributed by atoms with Gasteiger partial charge in [-0.15, -0.1) is 0 Å². The van der Waals surface area contributed by atoms with E-state index >= 15 is 0 Å². The van der Waals surface area contributed by atoms with Gasteiger partial charge in [0.05, 0.1) is 5.56 Å². The Labute approximate surface area is 96.2 Å². The molecule has 0 bridgehead atoms. The third-order valence-corrected chi connectivity index (χ3v) is 2.57. The second-order valence-corrected chi connectivity index (χ2v) is 3.85. The SMILES string of the molecule is O=C1NCCN1Cc1cccc(C(F)(F)F)c1. The van der Waals surface area contributed by atoms with Gasteiger partial charge in [-0.1, -0.05) is 12.1 Å². The Hall–Kier alpha value is -1.72. The molecule has 1 heterocycles. The Kier molecular flexibility index (Phi) is 2.95. The first-order valence-corrected chi connectivity index (χ1v) is 5.16. The second-order valence-electron chi connectivity index (χ2n) is 3.85. The summed E-state index contributed by atoms with van der Waals surface area (Å²) in [7, 11) is 0. The first-order valence-electron chi connectivity index (χ1n) is 5.16. The minimum Gasteiger partial charge on any atom is -0.336 e. The highest BCUT2D eigenvalue weighted by molar-refractivity contribution is 5.76. The van der Waals surface area contributed by atoms with Gasteiger partial charge in [-0.05, 0) is 17.7 Å². The summed E-state index contributed by atoms with van der Waals surface area (Å²) in [6, 6.07) is 4.80. The molecule has 2 amide bonds. The van der Waals surface area contributed by atoms with E-state index in [0.29, 0.717) is 18.7 Å². The molecule has 1 aliphatic rings. The lowest BCUT2D eigenvalue weighted by atomic mass is 10.1. The Bertz CT molecular complexity index is 431. The molecule has 0 aliphatic carbocycles. The lowest BCUT2D eigenvalue weighted by molar-refractivity contribution is -0.137. The largest absolute Gasteiger partial charge is 0.416 e. The van der Waals surface area contributed by atoms with Crippen LogP contribution in [0.2, 0.25) is 0 Å². The molecule has 92 valence electrons. The Morgan fingerprint density at radius 2 is 2.12 bits per heavy atom. The van der Waals surface area contributed by atoms with Crippen molar-refractivity contribution < 1.29 is 18.0 Å². The van der Waals surface area contributed by atoms with Crippen LogP contribution < -0.4 is 5.32 Å². The van der Waals surface area contributed by atoms with Crippen molar-refractivity contribution in [3.8, 4) is 0 Å². The summed E-state index contributed by atoms with van der Waals surface area (Å²) in [4.78, 5) is 12.7. The summed E-state index contributed by atoms with van der Waals surface area (Å²) in [6.45, 7) is 1.27. The predicted octanol–water partition coefficient (Wildman–Crippen LogP) is 2.23. The molecule has 0 atom stereocenters. The number of carbonyl (C=O) groups is 1. The van der Waals surface area contributed by atoms with Gasteiger partial charge in [0.2, 0.25) is 0 Å². The molecule has 0 saturated carbocycles. The monoisotopic (exact) mass is 244 g/mol. The van der Waals surface area contributed by atoms with E-state index in [0.717, 1.165) is 12.1 Å². The third-order valence-electron chi connectivity index (χ3n) is 2.57. The Morgan fingerprint density at radius 1 is 1.35 bits per heavy atom. The summed E-state index contributed by atoms with van der Waals surface area (Å²) in [5, 5.41) is 2.60. The minimum absolute atomic E-state index is 0.204. The van der Waals surface area contributed by atoms with E-state index in [2.05, 4.69) is 5.32 Å². The number of nitrogens with one attached hydrogen (secondary N) is 1. The van der Waals surface area contributed by atoms with Gasteiger partial charge in [0.25, 0.3) is 0 Å². The van der Waals surface area contributed by atoms with Crippen LogP contribution in [-0.2, 0) is 12.7 Å². The highest BCUT2D eigenvalue weighted by Crippen LogP contribution is 2.29. The predicted molar refractivity (Wildman–Crippen MR) is 55.3 cm³/mol. The van der Waals surface area contributed by atoms with E-state index in [-0.39, 0.29) is 12.6 Å². The Balaban J connectivity index is 2.14. The van der Waals surface area contributed by atoms with Crippen molar-refractivity contribution in [2.75, 3.05) is 13.1 Å². The van der Waals surface area contributed by atoms with Crippen molar-refractivity contribution in [3.63, 3.8) is 0 Å². The molecule has 1 fully saturated rings. The first-order chi connectivity index (χ1) is 7.97. The summed E-state index contributed by atoms with van der Waals surface area (Å²) in [5.74, 6) is 0. The van der Waals surface area contributed by atoms with Crippen LogP contribution in [0.4, 0.5) is 18.0 Å². The third kappa shape index (κ3) is 2.69. The summed E-state index contributed by atoms with van der Waals surface area (Å²) < 4.78 is 37.4. The van der Waals surface area contributed by atoms with E-state index in [1.165, 1.54) is 11.0 Å². The molecule has 1 aliphatic heterocycles. The zero-order chi connectivity index (χ0) is 12.5. The molecule has 1 aromatic carbocycles. The van der Waals surface area contributed by atoms with Crippen LogP contribution in [-0.4, -0.2) is 24.0 Å². The van der Waals surface area contributed by atoms with Crippen molar-refractivity contribution in [1.82, 2.24) is 10.2 Å². The number of halogens is 3. The van der Waals surface area contributed by atoms with E-state index < -0.39 is 11.7 Å². The van der Waals surface area contributed by atoms with Gasteiger partial charge in [-0.3, -0.25) is 0 Å². The van der Waals surface area contributed by atoms with Crippen LogP contribution in [0.25, 0.3) is 0 Å². The number of rotatable bonds is 2. The second kappa shape index (κ2) is 4.27. The van der Waals surface area contributed by atoms with Crippen molar-refractivity contribution in [2.24, 2.45) is 0 Å². The van der Waals surface area contributed by atoms with Crippen LogP contribution in [0.3, 0.4) is 0 Å². The molecule has 2 rings (SSSR count). The van der Waals surface area contributed by atoms with Gasteiger partial charge in [0, 0.05) is 19.6 Å². The molecule has 1 saturated heterocycles. The van der Waals surface area contributed by atoms with Crippen molar-refractivity contribution in [2.45, 2.75) is 12.7 Å². The molecule has 1 aromatic rings. The molecule has 0 aromatic heterocycles. The van der Waals surface area contributed by atoms with Gasteiger partial charge in [0.1, 0.15) is 0 Å². The summed E-state index contributed by atoms with van der Waals surface area (Å²) in [6.07, 6.45) is -4.34. The summed E-state index contributed by atoms with van der Waals surface area (Å²) in [5.41, 5.74) is -0.202. The van der Waals surface area contributed by atoms with Gasteiger partial charge >= 0.3 is 12.2 Å². The molecule has 1 N–H and O–H groups in total. The zero-order valence-corrected chi connectivity index (χ0v) is 8.92. The number of hydrogen-bond donors (Lipinski definition) is 1. The first kappa shape index (κ1) is 11.8. The fraction of sp³-hybridized carbons (Fsp3) is 0.364. The number of benzene rings is 1. The van der Waals surface area contributed by atoms with Gasteiger partial charge in [-0.25, -0.2) is 4.79 Å². The molecule has 0 radical (unpaired) electrons. The van der Waals surface area contributed by atoms with E-state index in [1.54, 1.807) is 6.07 Å². The number of urea groups is 1. The lowest BCUT2D eigenvalue weighted by Gasteiger charge is -2.15. The average Bonchev–Trinajstić information content (AvgIpc) is 2.64. The molecule has 0 spiro atoms. The van der Waals surface area contributed by atoms with Gasteiger partial charge in [-0.2, -0.15) is 13.2 Å². The molecule has 17 heavy (non-hydrogen) atoms. The van der Waals surface area contributed by atoms with Crippen LogP contribution in [0, 0.1) is 0 Å².